The molecule has 0 fully saturated rings. The van der Waals surface area contributed by atoms with Gasteiger partial charge in [-0.2, -0.15) is 0 Å². The van der Waals surface area contributed by atoms with E-state index in [0.29, 0.717) is 0 Å². The number of thioether (sulfide) groups is 1. The molecule has 0 aromatic heterocycles. The Morgan fingerprint density at radius 1 is 0.962 bits per heavy atom. The number of rotatable bonds is 6. The molecule has 0 saturated heterocycles. The number of hydrogen-bond donors (Lipinski definition) is 2. The fraction of sp³-hybridized carbons (Fsp3) is 0.333. The number of nitrogens with one attached hydrogen (secondary N) is 2. The van der Waals surface area contributed by atoms with Gasteiger partial charge in [0.15, 0.2) is 0 Å². The molecule has 0 heterocycles. The summed E-state index contributed by atoms with van der Waals surface area (Å²) in [6, 6.07) is 12.1. The first-order valence-electron chi connectivity index (χ1n) is 8.65. The molecule has 2 rings (SSSR count). The van der Waals surface area contributed by atoms with Crippen LogP contribution in [0.25, 0.3) is 0 Å². The Morgan fingerprint density at radius 3 is 2.12 bits per heavy atom. The Kier molecular flexibility index (Phi) is 6.86. The first-order valence-corrected chi connectivity index (χ1v) is 9.53. The second kappa shape index (κ2) is 8.90. The van der Waals surface area contributed by atoms with Crippen LogP contribution in [0, 0.1) is 27.7 Å². The summed E-state index contributed by atoms with van der Waals surface area (Å²) < 4.78 is 0. The highest BCUT2D eigenvalue weighted by molar-refractivity contribution is 8.00. The van der Waals surface area contributed by atoms with E-state index in [4.69, 9.17) is 0 Å². The van der Waals surface area contributed by atoms with Gasteiger partial charge in [0.05, 0.1) is 11.8 Å². The van der Waals surface area contributed by atoms with Crippen molar-refractivity contribution in [2.24, 2.45) is 0 Å². The van der Waals surface area contributed by atoms with Gasteiger partial charge in [-0.15, -0.1) is 11.8 Å². The molecule has 4 nitrogen and oxygen atoms in total. The van der Waals surface area contributed by atoms with E-state index < -0.39 is 0 Å². The van der Waals surface area contributed by atoms with Crippen molar-refractivity contribution in [2.75, 3.05) is 11.9 Å². The largest absolute Gasteiger partial charge is 0.346 e. The van der Waals surface area contributed by atoms with Gasteiger partial charge in [-0.05, 0) is 57.9 Å². The van der Waals surface area contributed by atoms with Crippen LogP contribution in [0.1, 0.15) is 29.2 Å². The van der Waals surface area contributed by atoms with Gasteiger partial charge in [0.25, 0.3) is 0 Å². The van der Waals surface area contributed by atoms with E-state index >= 15 is 0 Å². The molecule has 1 atom stereocenters. The molecule has 0 saturated carbocycles. The van der Waals surface area contributed by atoms with E-state index in [2.05, 4.69) is 10.6 Å². The minimum absolute atomic E-state index is 0.0373. The van der Waals surface area contributed by atoms with Crippen LogP contribution in [0.3, 0.4) is 0 Å². The molecule has 2 aromatic rings. The van der Waals surface area contributed by atoms with E-state index in [1.807, 2.05) is 71.0 Å². The molecule has 0 unspecified atom stereocenters. The van der Waals surface area contributed by atoms with Crippen LogP contribution in [-0.4, -0.2) is 23.6 Å². The third-order valence-electron chi connectivity index (χ3n) is 4.07. The van der Waals surface area contributed by atoms with Crippen LogP contribution >= 0.6 is 11.8 Å². The summed E-state index contributed by atoms with van der Waals surface area (Å²) in [4.78, 5) is 25.5. The van der Waals surface area contributed by atoms with Crippen molar-refractivity contribution in [3.05, 3.63) is 58.7 Å². The highest BCUT2D eigenvalue weighted by atomic mass is 32.2. The lowest BCUT2D eigenvalue weighted by molar-refractivity contribution is -0.123. The Balaban J connectivity index is 1.86. The smallest absolute Gasteiger partial charge is 0.243 e. The molecule has 26 heavy (non-hydrogen) atoms. The average molecular weight is 371 g/mol. The van der Waals surface area contributed by atoms with Crippen LogP contribution < -0.4 is 10.6 Å². The van der Waals surface area contributed by atoms with Crippen LogP contribution in [0.15, 0.2) is 41.3 Å². The summed E-state index contributed by atoms with van der Waals surface area (Å²) in [5, 5.41) is 5.34. The molecule has 0 aliphatic rings. The van der Waals surface area contributed by atoms with Crippen molar-refractivity contribution in [2.45, 2.75) is 44.8 Å². The lowest BCUT2D eigenvalue weighted by atomic mass is 10.1. The summed E-state index contributed by atoms with van der Waals surface area (Å²) in [5.74, 6) is -0.371. The predicted octanol–water partition coefficient (Wildman–Crippen LogP) is 4.16. The van der Waals surface area contributed by atoms with Gasteiger partial charge in [-0.25, -0.2) is 0 Å². The van der Waals surface area contributed by atoms with E-state index in [-0.39, 0.29) is 23.6 Å². The summed E-state index contributed by atoms with van der Waals surface area (Å²) in [5.41, 5.74) is 5.20. The van der Waals surface area contributed by atoms with Crippen LogP contribution in [0.2, 0.25) is 0 Å². The van der Waals surface area contributed by atoms with Crippen molar-refractivity contribution in [3.8, 4) is 0 Å². The monoisotopic (exact) mass is 370 g/mol. The number of carbonyl (C=O) groups excluding carboxylic acids is 2. The van der Waals surface area contributed by atoms with Crippen LogP contribution in [0.4, 0.5) is 5.69 Å². The van der Waals surface area contributed by atoms with Crippen molar-refractivity contribution < 1.29 is 9.59 Å². The quantitative estimate of drug-likeness (QED) is 0.751. The fourth-order valence-electron chi connectivity index (χ4n) is 2.75. The number of benzene rings is 2. The lowest BCUT2D eigenvalue weighted by Gasteiger charge is -2.15. The minimum Gasteiger partial charge on any atom is -0.346 e. The van der Waals surface area contributed by atoms with E-state index in [1.165, 1.54) is 17.3 Å². The highest BCUT2D eigenvalue weighted by Crippen LogP contribution is 2.24. The molecule has 2 amide bonds. The predicted molar refractivity (Wildman–Crippen MR) is 109 cm³/mol. The number of anilines is 1. The standard InChI is InChI=1S/C21H26N2O2S/c1-13-6-8-18(9-7-13)26-17(5)21(25)22-12-19(24)23-20-15(3)10-14(2)11-16(20)4/h6-11,17H,12H2,1-5H3,(H,22,25)(H,23,24)/t17-/m1/s1. The Hall–Kier alpha value is -2.27. The van der Waals surface area contributed by atoms with Crippen molar-refractivity contribution in [1.82, 2.24) is 5.32 Å². The topological polar surface area (TPSA) is 58.2 Å². The Labute approximate surface area is 159 Å². The van der Waals surface area contributed by atoms with Gasteiger partial charge in [-0.1, -0.05) is 35.4 Å². The molecular weight excluding hydrogens is 344 g/mol. The number of hydrogen-bond acceptors (Lipinski definition) is 3. The van der Waals surface area contributed by atoms with Crippen molar-refractivity contribution in [3.63, 3.8) is 0 Å². The molecular formula is C21H26N2O2S. The maximum Gasteiger partial charge on any atom is 0.243 e. The molecule has 2 aromatic carbocycles. The van der Waals surface area contributed by atoms with Gasteiger partial charge >= 0.3 is 0 Å². The third-order valence-corrected chi connectivity index (χ3v) is 5.18. The fourth-order valence-corrected chi connectivity index (χ4v) is 3.64. The van der Waals surface area contributed by atoms with E-state index in [9.17, 15) is 9.59 Å². The first kappa shape index (κ1) is 20.0. The summed E-state index contributed by atoms with van der Waals surface area (Å²) in [6.45, 7) is 9.79. The molecule has 0 aliphatic carbocycles. The molecule has 2 N–H and O–H groups in total. The summed E-state index contributed by atoms with van der Waals surface area (Å²) in [6.07, 6.45) is 0. The van der Waals surface area contributed by atoms with Gasteiger partial charge in [-0.3, -0.25) is 9.59 Å². The zero-order valence-corrected chi connectivity index (χ0v) is 16.8. The second-order valence-corrected chi connectivity index (χ2v) is 8.03. The Bertz CT molecular complexity index is 777. The van der Waals surface area contributed by atoms with Crippen molar-refractivity contribution >= 4 is 29.3 Å². The number of carbonyl (C=O) groups is 2. The SMILES string of the molecule is Cc1ccc(S[C@H](C)C(=O)NCC(=O)Nc2c(C)cc(C)cc2C)cc1. The van der Waals surface area contributed by atoms with Gasteiger partial charge in [0.1, 0.15) is 0 Å². The summed E-state index contributed by atoms with van der Waals surface area (Å²) in [7, 11) is 0. The second-order valence-electron chi connectivity index (χ2n) is 6.61. The average Bonchev–Trinajstić information content (AvgIpc) is 2.57. The Morgan fingerprint density at radius 2 is 1.54 bits per heavy atom. The zero-order chi connectivity index (χ0) is 19.3. The zero-order valence-electron chi connectivity index (χ0n) is 16.0. The van der Waals surface area contributed by atoms with Crippen LogP contribution in [-0.2, 0) is 9.59 Å². The van der Waals surface area contributed by atoms with E-state index in [1.54, 1.807) is 0 Å². The molecule has 0 bridgehead atoms. The summed E-state index contributed by atoms with van der Waals surface area (Å²) >= 11 is 1.48. The third kappa shape index (κ3) is 5.63. The molecule has 5 heteroatoms. The van der Waals surface area contributed by atoms with E-state index in [0.717, 1.165) is 27.3 Å². The highest BCUT2D eigenvalue weighted by Gasteiger charge is 2.16. The van der Waals surface area contributed by atoms with Gasteiger partial charge in [0.2, 0.25) is 11.8 Å². The van der Waals surface area contributed by atoms with Crippen molar-refractivity contribution in [1.29, 1.82) is 0 Å². The molecule has 0 radical (unpaired) electrons. The normalized spacial score (nSPS) is 11.7. The number of aryl methyl sites for hydroxylation is 4. The van der Waals surface area contributed by atoms with Gasteiger partial charge in [0, 0.05) is 10.6 Å². The maximum absolute atomic E-state index is 12.2. The molecule has 138 valence electrons. The first-order chi connectivity index (χ1) is 12.3. The molecule has 0 aliphatic heterocycles. The minimum atomic E-state index is -0.270. The van der Waals surface area contributed by atoms with Gasteiger partial charge < -0.3 is 10.6 Å². The molecule has 0 spiro atoms. The maximum atomic E-state index is 12.2. The number of amides is 2. The van der Waals surface area contributed by atoms with Crippen LogP contribution in [0.5, 0.6) is 0 Å². The lowest BCUT2D eigenvalue weighted by Crippen LogP contribution is -2.37.